The maximum atomic E-state index is 13.1. The first-order valence-corrected chi connectivity index (χ1v) is 8.47. The molecule has 0 fully saturated rings. The Labute approximate surface area is 141 Å². The molecular weight excluding hydrogens is 305 g/mol. The first-order chi connectivity index (χ1) is 11.7. The van der Waals surface area contributed by atoms with Gasteiger partial charge in [0.1, 0.15) is 18.2 Å². The maximum Gasteiger partial charge on any atom is 0.224 e. The number of hydrogen-bond acceptors (Lipinski definition) is 2. The van der Waals surface area contributed by atoms with E-state index in [1.165, 1.54) is 36.1 Å². The summed E-state index contributed by atoms with van der Waals surface area (Å²) in [5.74, 6) is 0.489. The SMILES string of the molecule is O=C(Cc1cccc(F)c1)NCCOc1cccc2c1CCCC2. The number of carbonyl (C=O) groups is 1. The second kappa shape index (κ2) is 7.95. The van der Waals surface area contributed by atoms with E-state index in [-0.39, 0.29) is 18.1 Å². The molecule has 0 aromatic heterocycles. The first kappa shape index (κ1) is 16.5. The van der Waals surface area contributed by atoms with Gasteiger partial charge in [0, 0.05) is 0 Å². The number of fused-ring (bicyclic) bond motifs is 1. The molecule has 0 atom stereocenters. The van der Waals surface area contributed by atoms with E-state index in [4.69, 9.17) is 4.74 Å². The zero-order chi connectivity index (χ0) is 16.8. The van der Waals surface area contributed by atoms with Gasteiger partial charge in [0.05, 0.1) is 13.0 Å². The molecule has 0 aliphatic heterocycles. The van der Waals surface area contributed by atoms with Gasteiger partial charge in [-0.25, -0.2) is 4.39 Å². The lowest BCUT2D eigenvalue weighted by Crippen LogP contribution is -2.29. The molecule has 1 aliphatic carbocycles. The molecule has 0 saturated carbocycles. The van der Waals surface area contributed by atoms with Gasteiger partial charge in [-0.3, -0.25) is 4.79 Å². The average molecular weight is 327 g/mol. The largest absolute Gasteiger partial charge is 0.491 e. The summed E-state index contributed by atoms with van der Waals surface area (Å²) in [6.45, 7) is 0.878. The van der Waals surface area contributed by atoms with Gasteiger partial charge in [-0.15, -0.1) is 0 Å². The van der Waals surface area contributed by atoms with Gasteiger partial charge < -0.3 is 10.1 Å². The van der Waals surface area contributed by atoms with E-state index < -0.39 is 0 Å². The van der Waals surface area contributed by atoms with E-state index in [1.807, 2.05) is 12.1 Å². The predicted molar refractivity (Wildman–Crippen MR) is 91.7 cm³/mol. The van der Waals surface area contributed by atoms with Crippen LogP contribution in [0.5, 0.6) is 5.75 Å². The number of rotatable bonds is 6. The molecule has 1 amide bonds. The van der Waals surface area contributed by atoms with Gasteiger partial charge in [-0.2, -0.15) is 0 Å². The van der Waals surface area contributed by atoms with Crippen molar-refractivity contribution in [3.63, 3.8) is 0 Å². The number of nitrogens with one attached hydrogen (secondary N) is 1. The van der Waals surface area contributed by atoms with E-state index in [0.717, 1.165) is 18.6 Å². The number of ether oxygens (including phenoxy) is 1. The van der Waals surface area contributed by atoms with E-state index in [2.05, 4.69) is 11.4 Å². The normalized spacial score (nSPS) is 13.2. The van der Waals surface area contributed by atoms with Crippen LogP contribution in [0.25, 0.3) is 0 Å². The predicted octanol–water partition coefficient (Wildman–Crippen LogP) is 3.44. The maximum absolute atomic E-state index is 13.1. The number of carbonyl (C=O) groups excluding carboxylic acids is 1. The van der Waals surface area contributed by atoms with E-state index >= 15 is 0 Å². The van der Waals surface area contributed by atoms with Gasteiger partial charge in [0.25, 0.3) is 0 Å². The van der Waals surface area contributed by atoms with Crippen LogP contribution in [0.1, 0.15) is 29.5 Å². The number of benzene rings is 2. The van der Waals surface area contributed by atoms with Crippen molar-refractivity contribution in [2.24, 2.45) is 0 Å². The third kappa shape index (κ3) is 4.34. The third-order valence-corrected chi connectivity index (χ3v) is 4.29. The quantitative estimate of drug-likeness (QED) is 0.826. The van der Waals surface area contributed by atoms with Crippen molar-refractivity contribution in [3.05, 3.63) is 65.0 Å². The van der Waals surface area contributed by atoms with Gasteiger partial charge in [0.2, 0.25) is 5.91 Å². The van der Waals surface area contributed by atoms with E-state index in [9.17, 15) is 9.18 Å². The van der Waals surface area contributed by atoms with Crippen molar-refractivity contribution in [1.29, 1.82) is 0 Å². The number of halogens is 1. The highest BCUT2D eigenvalue weighted by atomic mass is 19.1. The fraction of sp³-hybridized carbons (Fsp3) is 0.350. The highest BCUT2D eigenvalue weighted by molar-refractivity contribution is 5.78. The summed E-state index contributed by atoms with van der Waals surface area (Å²) < 4.78 is 18.9. The first-order valence-electron chi connectivity index (χ1n) is 8.47. The number of hydrogen-bond donors (Lipinski definition) is 1. The fourth-order valence-electron chi connectivity index (χ4n) is 3.13. The molecule has 0 saturated heterocycles. The Bertz CT molecular complexity index is 715. The van der Waals surface area contributed by atoms with Crippen molar-refractivity contribution >= 4 is 5.91 Å². The zero-order valence-corrected chi connectivity index (χ0v) is 13.7. The summed E-state index contributed by atoms with van der Waals surface area (Å²) >= 11 is 0. The van der Waals surface area contributed by atoms with Gasteiger partial charge in [0.15, 0.2) is 0 Å². The van der Waals surface area contributed by atoms with Gasteiger partial charge in [-0.05, 0) is 60.6 Å². The molecule has 3 rings (SSSR count). The van der Waals surface area contributed by atoms with Crippen LogP contribution in [0.15, 0.2) is 42.5 Å². The minimum Gasteiger partial charge on any atom is -0.491 e. The van der Waals surface area contributed by atoms with Crippen molar-refractivity contribution in [3.8, 4) is 5.75 Å². The molecule has 126 valence electrons. The Hall–Kier alpha value is -2.36. The smallest absolute Gasteiger partial charge is 0.224 e. The minimum absolute atomic E-state index is 0.126. The Morgan fingerprint density at radius 2 is 1.96 bits per heavy atom. The zero-order valence-electron chi connectivity index (χ0n) is 13.7. The Balaban J connectivity index is 1.45. The molecule has 3 nitrogen and oxygen atoms in total. The number of aryl methyl sites for hydroxylation is 1. The molecule has 2 aromatic rings. The van der Waals surface area contributed by atoms with Crippen molar-refractivity contribution in [1.82, 2.24) is 5.32 Å². The number of amides is 1. The highest BCUT2D eigenvalue weighted by Crippen LogP contribution is 2.29. The van der Waals surface area contributed by atoms with Crippen LogP contribution in [0.4, 0.5) is 4.39 Å². The second-order valence-electron chi connectivity index (χ2n) is 6.11. The summed E-state index contributed by atoms with van der Waals surface area (Å²) in [5, 5.41) is 2.81. The topological polar surface area (TPSA) is 38.3 Å². The molecule has 0 heterocycles. The Kier molecular flexibility index (Phi) is 5.47. The lowest BCUT2D eigenvalue weighted by Gasteiger charge is -2.19. The van der Waals surface area contributed by atoms with Crippen LogP contribution < -0.4 is 10.1 Å². The molecule has 1 N–H and O–H groups in total. The summed E-state index contributed by atoms with van der Waals surface area (Å²) in [6, 6.07) is 12.3. The van der Waals surface area contributed by atoms with Crippen LogP contribution in [-0.4, -0.2) is 19.1 Å². The standard InChI is InChI=1S/C20H22FNO2/c21-17-8-3-5-15(13-17)14-20(23)22-11-12-24-19-10-4-7-16-6-1-2-9-18(16)19/h3-5,7-8,10,13H,1-2,6,9,11-12,14H2,(H,22,23). The lowest BCUT2D eigenvalue weighted by molar-refractivity contribution is -0.120. The second-order valence-corrected chi connectivity index (χ2v) is 6.11. The highest BCUT2D eigenvalue weighted by Gasteiger charge is 2.13. The van der Waals surface area contributed by atoms with Crippen LogP contribution >= 0.6 is 0 Å². The Morgan fingerprint density at radius 1 is 1.12 bits per heavy atom. The molecule has 2 aromatic carbocycles. The minimum atomic E-state index is -0.322. The third-order valence-electron chi connectivity index (χ3n) is 4.29. The van der Waals surface area contributed by atoms with E-state index in [1.54, 1.807) is 12.1 Å². The summed E-state index contributed by atoms with van der Waals surface area (Å²) in [6.07, 6.45) is 4.82. The van der Waals surface area contributed by atoms with Crippen LogP contribution in [0.2, 0.25) is 0 Å². The fourth-order valence-corrected chi connectivity index (χ4v) is 3.13. The molecule has 0 bridgehead atoms. The molecule has 0 radical (unpaired) electrons. The monoisotopic (exact) mass is 327 g/mol. The lowest BCUT2D eigenvalue weighted by atomic mass is 9.91. The van der Waals surface area contributed by atoms with Gasteiger partial charge in [-0.1, -0.05) is 24.3 Å². The molecule has 0 spiro atoms. The molecular formula is C20H22FNO2. The summed E-state index contributed by atoms with van der Waals surface area (Å²) in [4.78, 5) is 11.9. The molecule has 24 heavy (non-hydrogen) atoms. The van der Waals surface area contributed by atoms with Gasteiger partial charge >= 0.3 is 0 Å². The Morgan fingerprint density at radius 3 is 2.83 bits per heavy atom. The molecule has 0 unspecified atom stereocenters. The van der Waals surface area contributed by atoms with Crippen LogP contribution in [-0.2, 0) is 24.1 Å². The average Bonchev–Trinajstić information content (AvgIpc) is 2.59. The summed E-state index contributed by atoms with van der Waals surface area (Å²) in [5.41, 5.74) is 3.37. The molecule has 4 heteroatoms. The van der Waals surface area contributed by atoms with Crippen molar-refractivity contribution < 1.29 is 13.9 Å². The van der Waals surface area contributed by atoms with Crippen molar-refractivity contribution in [2.45, 2.75) is 32.1 Å². The van der Waals surface area contributed by atoms with Crippen LogP contribution in [0.3, 0.4) is 0 Å². The van der Waals surface area contributed by atoms with E-state index in [0.29, 0.717) is 18.7 Å². The van der Waals surface area contributed by atoms with Crippen molar-refractivity contribution in [2.75, 3.05) is 13.2 Å². The van der Waals surface area contributed by atoms with Crippen LogP contribution in [0, 0.1) is 5.82 Å². The molecule has 1 aliphatic rings. The summed E-state index contributed by atoms with van der Waals surface area (Å²) in [7, 11) is 0.